The lowest BCUT2D eigenvalue weighted by Gasteiger charge is -2.20. The van der Waals surface area contributed by atoms with Gasteiger partial charge in [-0.25, -0.2) is 13.4 Å². The van der Waals surface area contributed by atoms with E-state index in [9.17, 15) is 8.42 Å². The molecule has 1 aliphatic heterocycles. The Morgan fingerprint density at radius 3 is 2.82 bits per heavy atom. The van der Waals surface area contributed by atoms with Gasteiger partial charge in [0, 0.05) is 24.0 Å². The van der Waals surface area contributed by atoms with Crippen LogP contribution in [0.5, 0.6) is 0 Å². The van der Waals surface area contributed by atoms with E-state index in [-0.39, 0.29) is 0 Å². The minimum atomic E-state index is -2.74. The molecule has 1 saturated heterocycles. The number of aromatic nitrogens is 1. The van der Waals surface area contributed by atoms with Crippen LogP contribution in [-0.4, -0.2) is 32.0 Å². The van der Waals surface area contributed by atoms with Crippen LogP contribution in [0.15, 0.2) is 6.20 Å². The van der Waals surface area contributed by atoms with E-state index in [4.69, 9.17) is 0 Å². The first-order valence-electron chi connectivity index (χ1n) is 5.87. The summed E-state index contributed by atoms with van der Waals surface area (Å²) in [6.07, 6.45) is 4.44. The van der Waals surface area contributed by atoms with Gasteiger partial charge in [-0.15, -0.1) is 11.3 Å². The van der Waals surface area contributed by atoms with Crippen molar-refractivity contribution in [2.45, 2.75) is 25.8 Å². The first-order chi connectivity index (χ1) is 8.09. The van der Waals surface area contributed by atoms with Crippen molar-refractivity contribution in [1.29, 1.82) is 0 Å². The number of rotatable bonds is 4. The number of hydrogen-bond acceptors (Lipinski definition) is 5. The van der Waals surface area contributed by atoms with Gasteiger partial charge in [0.15, 0.2) is 0 Å². The van der Waals surface area contributed by atoms with Gasteiger partial charge in [0.2, 0.25) is 0 Å². The quantitative estimate of drug-likeness (QED) is 0.897. The molecular formula is C11H18N2O2S2. The number of thiazole rings is 1. The zero-order valence-electron chi connectivity index (χ0n) is 9.98. The van der Waals surface area contributed by atoms with Crippen molar-refractivity contribution >= 4 is 21.2 Å². The smallest absolute Gasteiger partial charge is 0.150 e. The molecule has 17 heavy (non-hydrogen) atoms. The molecule has 4 nitrogen and oxygen atoms in total. The van der Waals surface area contributed by atoms with E-state index >= 15 is 0 Å². The molecule has 0 bridgehead atoms. The highest BCUT2D eigenvalue weighted by Crippen LogP contribution is 2.25. The third-order valence-corrected chi connectivity index (χ3v) is 5.83. The van der Waals surface area contributed by atoms with Crippen molar-refractivity contribution in [3.05, 3.63) is 16.1 Å². The summed E-state index contributed by atoms with van der Waals surface area (Å²) < 4.78 is 22.6. The van der Waals surface area contributed by atoms with Crippen LogP contribution in [0.25, 0.3) is 0 Å². The van der Waals surface area contributed by atoms with Crippen LogP contribution in [0.4, 0.5) is 0 Å². The number of hydrogen-bond donors (Lipinski definition) is 1. The van der Waals surface area contributed by atoms with Gasteiger partial charge < -0.3 is 5.32 Å². The number of nitrogens with zero attached hydrogens (tertiary/aromatic N) is 1. The van der Waals surface area contributed by atoms with E-state index in [1.165, 1.54) is 4.88 Å². The normalized spacial score (nSPS) is 20.5. The van der Waals surface area contributed by atoms with Crippen molar-refractivity contribution in [2.75, 3.05) is 18.6 Å². The van der Waals surface area contributed by atoms with Crippen molar-refractivity contribution in [2.24, 2.45) is 5.92 Å². The summed E-state index contributed by atoms with van der Waals surface area (Å²) in [5.41, 5.74) is 0. The van der Waals surface area contributed by atoms with Gasteiger partial charge in [0.25, 0.3) is 0 Å². The zero-order chi connectivity index (χ0) is 12.3. The molecule has 1 fully saturated rings. The van der Waals surface area contributed by atoms with Crippen LogP contribution in [0, 0.1) is 5.92 Å². The standard InChI is InChI=1S/C11H18N2O2S2/c1-12-7-10-8-13-11(16-10)6-9-2-4-17(14,15)5-3-9/h8-9,12H,2-7H2,1H3. The SMILES string of the molecule is CNCc1cnc(CC2CCS(=O)(=O)CC2)s1. The molecule has 1 aromatic heterocycles. The number of nitrogens with one attached hydrogen (secondary N) is 1. The number of sulfone groups is 1. The molecule has 0 atom stereocenters. The van der Waals surface area contributed by atoms with Crippen molar-refractivity contribution < 1.29 is 8.42 Å². The Labute approximate surface area is 106 Å². The van der Waals surface area contributed by atoms with E-state index < -0.39 is 9.84 Å². The maximum atomic E-state index is 11.3. The fourth-order valence-corrected chi connectivity index (χ4v) is 4.73. The molecule has 1 aromatic rings. The molecule has 1 N–H and O–H groups in total. The second-order valence-electron chi connectivity index (χ2n) is 4.55. The lowest BCUT2D eigenvalue weighted by molar-refractivity contribution is 0.462. The summed E-state index contributed by atoms with van der Waals surface area (Å²) in [4.78, 5) is 5.64. The molecule has 96 valence electrons. The molecule has 0 amide bonds. The molecule has 0 aliphatic carbocycles. The van der Waals surface area contributed by atoms with Gasteiger partial charge in [-0.2, -0.15) is 0 Å². The Morgan fingerprint density at radius 2 is 2.18 bits per heavy atom. The minimum absolute atomic E-state index is 0.354. The summed E-state index contributed by atoms with van der Waals surface area (Å²) in [5.74, 6) is 1.20. The van der Waals surface area contributed by atoms with E-state index in [0.717, 1.165) is 30.8 Å². The average molecular weight is 274 g/mol. The summed E-state index contributed by atoms with van der Waals surface area (Å²) >= 11 is 1.73. The minimum Gasteiger partial charge on any atom is -0.315 e. The molecule has 2 rings (SSSR count). The predicted molar refractivity (Wildman–Crippen MR) is 70.0 cm³/mol. The second-order valence-corrected chi connectivity index (χ2v) is 8.05. The van der Waals surface area contributed by atoms with Gasteiger partial charge in [0.05, 0.1) is 16.5 Å². The molecule has 0 spiro atoms. The van der Waals surface area contributed by atoms with Crippen molar-refractivity contribution in [1.82, 2.24) is 10.3 Å². The third-order valence-electron chi connectivity index (χ3n) is 3.09. The Hall–Kier alpha value is -0.460. The second kappa shape index (κ2) is 5.46. The first-order valence-corrected chi connectivity index (χ1v) is 8.51. The fraction of sp³-hybridized carbons (Fsp3) is 0.727. The Kier molecular flexibility index (Phi) is 4.17. The van der Waals surface area contributed by atoms with Crippen LogP contribution in [0.1, 0.15) is 22.7 Å². The van der Waals surface area contributed by atoms with Crippen molar-refractivity contribution in [3.63, 3.8) is 0 Å². The topological polar surface area (TPSA) is 59.1 Å². The molecule has 6 heteroatoms. The molecule has 0 unspecified atom stereocenters. The average Bonchev–Trinajstić information content (AvgIpc) is 2.70. The van der Waals surface area contributed by atoms with Crippen molar-refractivity contribution in [3.8, 4) is 0 Å². The van der Waals surface area contributed by atoms with Crippen LogP contribution in [0.3, 0.4) is 0 Å². The first kappa shape index (κ1) is 13.0. The Balaban J connectivity index is 1.88. The zero-order valence-corrected chi connectivity index (χ0v) is 11.6. The Bertz CT molecular complexity index is 454. The molecule has 0 radical (unpaired) electrons. The summed E-state index contributed by atoms with van der Waals surface area (Å²) in [5, 5.41) is 4.24. The van der Waals surface area contributed by atoms with Crippen LogP contribution < -0.4 is 5.32 Å². The maximum Gasteiger partial charge on any atom is 0.150 e. The van der Waals surface area contributed by atoms with Gasteiger partial charge in [0.1, 0.15) is 9.84 Å². The summed E-state index contributed by atoms with van der Waals surface area (Å²) in [7, 11) is -0.816. The summed E-state index contributed by atoms with van der Waals surface area (Å²) in [6, 6.07) is 0. The highest BCUT2D eigenvalue weighted by molar-refractivity contribution is 7.91. The lowest BCUT2D eigenvalue weighted by Crippen LogP contribution is -2.24. The molecule has 1 aliphatic rings. The van der Waals surface area contributed by atoms with E-state index in [0.29, 0.717) is 17.4 Å². The molecule has 0 aromatic carbocycles. The van der Waals surface area contributed by atoms with E-state index in [2.05, 4.69) is 10.3 Å². The van der Waals surface area contributed by atoms with Crippen LogP contribution in [-0.2, 0) is 22.8 Å². The van der Waals surface area contributed by atoms with Gasteiger partial charge in [-0.05, 0) is 25.8 Å². The van der Waals surface area contributed by atoms with Gasteiger partial charge in [-0.1, -0.05) is 0 Å². The predicted octanol–water partition coefficient (Wildman–Crippen LogP) is 1.23. The largest absolute Gasteiger partial charge is 0.315 e. The molecular weight excluding hydrogens is 256 g/mol. The highest BCUT2D eigenvalue weighted by atomic mass is 32.2. The van der Waals surface area contributed by atoms with E-state index in [1.54, 1.807) is 11.3 Å². The van der Waals surface area contributed by atoms with Gasteiger partial charge >= 0.3 is 0 Å². The van der Waals surface area contributed by atoms with Crippen LogP contribution >= 0.6 is 11.3 Å². The highest BCUT2D eigenvalue weighted by Gasteiger charge is 2.24. The molecule has 2 heterocycles. The summed E-state index contributed by atoms with van der Waals surface area (Å²) in [6.45, 7) is 0.858. The van der Waals surface area contributed by atoms with Gasteiger partial charge in [-0.3, -0.25) is 0 Å². The lowest BCUT2D eigenvalue weighted by atomic mass is 9.99. The third kappa shape index (κ3) is 3.76. The van der Waals surface area contributed by atoms with Crippen LogP contribution in [0.2, 0.25) is 0 Å². The van der Waals surface area contributed by atoms with E-state index in [1.807, 2.05) is 13.2 Å². The molecule has 0 saturated carbocycles. The fourth-order valence-electron chi connectivity index (χ4n) is 2.09. The maximum absolute atomic E-state index is 11.3. The Morgan fingerprint density at radius 1 is 1.47 bits per heavy atom. The monoisotopic (exact) mass is 274 g/mol.